The second-order valence-electron chi connectivity index (χ2n) is 2.46. The third kappa shape index (κ3) is 1.20. The SMILES string of the molecule is C.CC1(CO)COC1. The smallest absolute Gasteiger partial charge is 0.0564 e. The molecule has 1 rings (SSSR count). The minimum absolute atomic E-state index is 0. The Kier molecular flexibility index (Phi) is 2.44. The first-order valence-electron chi connectivity index (χ1n) is 2.45. The number of aliphatic hydroxyl groups is 1. The molecule has 1 saturated heterocycles. The fraction of sp³-hybridized carbons (Fsp3) is 1.00. The van der Waals surface area contributed by atoms with E-state index in [1.807, 2.05) is 6.92 Å². The number of aliphatic hydroxyl groups excluding tert-OH is 1. The molecular formula is C6H14O2. The van der Waals surface area contributed by atoms with Crippen LogP contribution in [0.2, 0.25) is 0 Å². The first-order chi connectivity index (χ1) is 3.27. The first-order valence-corrected chi connectivity index (χ1v) is 2.45. The van der Waals surface area contributed by atoms with Gasteiger partial charge in [-0.1, -0.05) is 14.4 Å². The second-order valence-corrected chi connectivity index (χ2v) is 2.46. The van der Waals surface area contributed by atoms with E-state index in [1.54, 1.807) is 0 Å². The van der Waals surface area contributed by atoms with Crippen LogP contribution in [0.5, 0.6) is 0 Å². The van der Waals surface area contributed by atoms with Gasteiger partial charge in [0.05, 0.1) is 19.8 Å². The number of rotatable bonds is 1. The highest BCUT2D eigenvalue weighted by molar-refractivity contribution is 4.78. The number of ether oxygens (including phenoxy) is 1. The normalized spacial score (nSPS) is 23.2. The lowest BCUT2D eigenvalue weighted by atomic mass is 9.90. The maximum absolute atomic E-state index is 8.57. The van der Waals surface area contributed by atoms with Crippen LogP contribution in [0.4, 0.5) is 0 Å². The molecule has 0 aliphatic carbocycles. The lowest BCUT2D eigenvalue weighted by Gasteiger charge is -2.35. The van der Waals surface area contributed by atoms with E-state index in [0.717, 1.165) is 13.2 Å². The van der Waals surface area contributed by atoms with E-state index in [9.17, 15) is 0 Å². The quantitative estimate of drug-likeness (QED) is 0.548. The molecule has 2 nitrogen and oxygen atoms in total. The largest absolute Gasteiger partial charge is 0.396 e. The Morgan fingerprint density at radius 1 is 1.62 bits per heavy atom. The third-order valence-corrected chi connectivity index (χ3v) is 1.28. The van der Waals surface area contributed by atoms with Gasteiger partial charge >= 0.3 is 0 Å². The molecular weight excluding hydrogens is 104 g/mol. The van der Waals surface area contributed by atoms with Crippen LogP contribution in [0.1, 0.15) is 14.4 Å². The molecule has 8 heavy (non-hydrogen) atoms. The average Bonchev–Trinajstić information content (AvgIpc) is 1.61. The maximum atomic E-state index is 8.57. The summed E-state index contributed by atoms with van der Waals surface area (Å²) in [4.78, 5) is 0. The molecule has 1 fully saturated rings. The molecule has 1 N–H and O–H groups in total. The minimum Gasteiger partial charge on any atom is -0.396 e. The standard InChI is InChI=1S/C5H10O2.CH4/c1-5(2-6)3-7-4-5;/h6H,2-4H2,1H3;1H4. The molecule has 0 aromatic heterocycles. The maximum Gasteiger partial charge on any atom is 0.0564 e. The molecule has 0 aromatic rings. The summed E-state index contributed by atoms with van der Waals surface area (Å²) in [6.07, 6.45) is 0. The van der Waals surface area contributed by atoms with Crippen molar-refractivity contribution in [1.29, 1.82) is 0 Å². The third-order valence-electron chi connectivity index (χ3n) is 1.28. The van der Waals surface area contributed by atoms with Crippen LogP contribution in [0.3, 0.4) is 0 Å². The van der Waals surface area contributed by atoms with Crippen LogP contribution < -0.4 is 0 Å². The van der Waals surface area contributed by atoms with Gasteiger partial charge in [0.2, 0.25) is 0 Å². The van der Waals surface area contributed by atoms with Gasteiger partial charge in [0.25, 0.3) is 0 Å². The summed E-state index contributed by atoms with van der Waals surface area (Å²) in [5.74, 6) is 0. The summed E-state index contributed by atoms with van der Waals surface area (Å²) in [5.41, 5.74) is 0.0972. The van der Waals surface area contributed by atoms with Crippen molar-refractivity contribution in [3.63, 3.8) is 0 Å². The fourth-order valence-electron chi connectivity index (χ4n) is 0.542. The highest BCUT2D eigenvalue weighted by Crippen LogP contribution is 2.24. The van der Waals surface area contributed by atoms with Gasteiger partial charge in [-0.2, -0.15) is 0 Å². The first kappa shape index (κ1) is 7.92. The molecule has 1 aliphatic rings. The Labute approximate surface area is 50.5 Å². The van der Waals surface area contributed by atoms with Gasteiger partial charge in [0, 0.05) is 5.41 Å². The molecule has 0 radical (unpaired) electrons. The van der Waals surface area contributed by atoms with Crippen LogP contribution in [0.25, 0.3) is 0 Å². The van der Waals surface area contributed by atoms with Crippen LogP contribution >= 0.6 is 0 Å². The van der Waals surface area contributed by atoms with Crippen LogP contribution in [-0.2, 0) is 4.74 Å². The summed E-state index contributed by atoms with van der Waals surface area (Å²) < 4.78 is 4.87. The van der Waals surface area contributed by atoms with Gasteiger partial charge < -0.3 is 9.84 Å². The van der Waals surface area contributed by atoms with E-state index in [1.165, 1.54) is 0 Å². The Balaban J connectivity index is 0.000000490. The van der Waals surface area contributed by atoms with E-state index in [-0.39, 0.29) is 19.4 Å². The minimum atomic E-state index is 0. The Bertz CT molecular complexity index is 61.4. The van der Waals surface area contributed by atoms with Crippen molar-refractivity contribution >= 4 is 0 Å². The predicted octanol–water partition coefficient (Wildman–Crippen LogP) is 0.651. The molecule has 0 saturated carbocycles. The van der Waals surface area contributed by atoms with Crippen LogP contribution in [0.15, 0.2) is 0 Å². The van der Waals surface area contributed by atoms with Crippen LogP contribution in [0, 0.1) is 5.41 Å². The van der Waals surface area contributed by atoms with E-state index >= 15 is 0 Å². The second kappa shape index (κ2) is 2.46. The zero-order valence-corrected chi connectivity index (χ0v) is 4.48. The van der Waals surface area contributed by atoms with Gasteiger partial charge in [-0.15, -0.1) is 0 Å². The summed E-state index contributed by atoms with van der Waals surface area (Å²) in [6, 6.07) is 0. The highest BCUT2D eigenvalue weighted by atomic mass is 16.5. The Hall–Kier alpha value is -0.0800. The van der Waals surface area contributed by atoms with E-state index in [0.29, 0.717) is 0 Å². The van der Waals surface area contributed by atoms with Gasteiger partial charge in [-0.25, -0.2) is 0 Å². The summed E-state index contributed by atoms with van der Waals surface area (Å²) in [7, 11) is 0. The molecule has 50 valence electrons. The van der Waals surface area contributed by atoms with Crippen molar-refractivity contribution in [1.82, 2.24) is 0 Å². The lowest BCUT2D eigenvalue weighted by molar-refractivity contribution is -0.125. The van der Waals surface area contributed by atoms with Gasteiger partial charge in [0.1, 0.15) is 0 Å². The zero-order valence-electron chi connectivity index (χ0n) is 4.48. The topological polar surface area (TPSA) is 29.5 Å². The summed E-state index contributed by atoms with van der Waals surface area (Å²) >= 11 is 0. The predicted molar refractivity (Wildman–Crippen MR) is 32.7 cm³/mol. The molecule has 2 heteroatoms. The summed E-state index contributed by atoms with van der Waals surface area (Å²) in [5, 5.41) is 8.57. The van der Waals surface area contributed by atoms with Gasteiger partial charge in [-0.3, -0.25) is 0 Å². The molecule has 0 spiro atoms. The number of hydrogen-bond acceptors (Lipinski definition) is 2. The van der Waals surface area contributed by atoms with Gasteiger partial charge in [0.15, 0.2) is 0 Å². The van der Waals surface area contributed by atoms with Crippen molar-refractivity contribution in [2.45, 2.75) is 14.4 Å². The van der Waals surface area contributed by atoms with Crippen molar-refractivity contribution < 1.29 is 9.84 Å². The molecule has 0 aromatic carbocycles. The van der Waals surface area contributed by atoms with Gasteiger partial charge in [-0.05, 0) is 0 Å². The number of hydrogen-bond donors (Lipinski definition) is 1. The highest BCUT2D eigenvalue weighted by Gasteiger charge is 2.31. The lowest BCUT2D eigenvalue weighted by Crippen LogP contribution is -2.42. The molecule has 1 heterocycles. The average molecular weight is 118 g/mol. The van der Waals surface area contributed by atoms with Crippen molar-refractivity contribution in [2.24, 2.45) is 5.41 Å². The van der Waals surface area contributed by atoms with E-state index in [4.69, 9.17) is 9.84 Å². The van der Waals surface area contributed by atoms with Crippen LogP contribution in [-0.4, -0.2) is 24.9 Å². The van der Waals surface area contributed by atoms with Crippen molar-refractivity contribution in [2.75, 3.05) is 19.8 Å². The van der Waals surface area contributed by atoms with E-state index < -0.39 is 0 Å². The summed E-state index contributed by atoms with van der Waals surface area (Å²) in [6.45, 7) is 3.72. The molecule has 0 bridgehead atoms. The molecule has 0 amide bonds. The molecule has 1 aliphatic heterocycles. The molecule has 0 unspecified atom stereocenters. The Morgan fingerprint density at radius 3 is 2.12 bits per heavy atom. The fourth-order valence-corrected chi connectivity index (χ4v) is 0.542. The molecule has 0 atom stereocenters. The zero-order chi connectivity index (χ0) is 5.33. The van der Waals surface area contributed by atoms with Crippen molar-refractivity contribution in [3.8, 4) is 0 Å². The Morgan fingerprint density at radius 2 is 2.12 bits per heavy atom. The van der Waals surface area contributed by atoms with E-state index in [2.05, 4.69) is 0 Å². The van der Waals surface area contributed by atoms with Crippen molar-refractivity contribution in [3.05, 3.63) is 0 Å². The monoisotopic (exact) mass is 118 g/mol.